The van der Waals surface area contributed by atoms with Gasteiger partial charge in [-0.2, -0.15) is 4.52 Å². The lowest BCUT2D eigenvalue weighted by molar-refractivity contribution is -0.123. The number of amides is 1. The topological polar surface area (TPSA) is 84.2 Å². The zero-order valence-corrected chi connectivity index (χ0v) is 14.9. The molecule has 140 valence electrons. The number of nitrogens with zero attached hydrogens (tertiary/aromatic N) is 4. The molecule has 0 saturated carbocycles. The van der Waals surface area contributed by atoms with Crippen molar-refractivity contribution < 1.29 is 9.18 Å². The number of aromatic nitrogens is 4. The summed E-state index contributed by atoms with van der Waals surface area (Å²) in [5, 5.41) is 11.4. The van der Waals surface area contributed by atoms with Gasteiger partial charge in [-0.05, 0) is 37.1 Å². The Kier molecular flexibility index (Phi) is 3.89. The Morgan fingerprint density at radius 2 is 2.04 bits per heavy atom. The van der Waals surface area contributed by atoms with Crippen molar-refractivity contribution in [1.82, 2.24) is 24.9 Å². The third-order valence-corrected chi connectivity index (χ3v) is 4.85. The molecule has 28 heavy (non-hydrogen) atoms. The van der Waals surface area contributed by atoms with Crippen LogP contribution in [0.2, 0.25) is 0 Å². The van der Waals surface area contributed by atoms with Gasteiger partial charge in [0.15, 0.2) is 11.5 Å². The van der Waals surface area contributed by atoms with Crippen LogP contribution in [0.1, 0.15) is 12.8 Å². The largest absolute Gasteiger partial charge is 0.354 e. The Hall–Kier alpha value is -3.55. The van der Waals surface area contributed by atoms with E-state index >= 15 is 0 Å². The molecule has 2 aromatic carbocycles. The fraction of sp³-hybridized carbons (Fsp3) is 0.200. The minimum Gasteiger partial charge on any atom is -0.354 e. The van der Waals surface area contributed by atoms with Crippen molar-refractivity contribution in [2.24, 2.45) is 0 Å². The van der Waals surface area contributed by atoms with Crippen LogP contribution >= 0.6 is 0 Å². The highest BCUT2D eigenvalue weighted by atomic mass is 19.1. The number of hydrogen-bond donors (Lipinski definition) is 2. The highest BCUT2D eigenvalue weighted by molar-refractivity contribution is 5.93. The van der Waals surface area contributed by atoms with Gasteiger partial charge in [-0.3, -0.25) is 4.79 Å². The van der Waals surface area contributed by atoms with Crippen molar-refractivity contribution in [2.75, 3.05) is 11.9 Å². The molecule has 0 bridgehead atoms. The lowest BCUT2D eigenvalue weighted by Gasteiger charge is -2.23. The lowest BCUT2D eigenvalue weighted by Crippen LogP contribution is -2.44. The van der Waals surface area contributed by atoms with Crippen molar-refractivity contribution in [2.45, 2.75) is 18.9 Å². The molecule has 2 aromatic heterocycles. The Balaban J connectivity index is 1.68. The molecule has 5 rings (SSSR count). The number of nitrogens with one attached hydrogen (secondary N) is 2. The number of fused-ring (bicyclic) bond motifs is 3. The maximum Gasteiger partial charge on any atom is 0.242 e. The maximum absolute atomic E-state index is 13.7. The Morgan fingerprint density at radius 3 is 2.89 bits per heavy atom. The number of benzene rings is 2. The smallest absolute Gasteiger partial charge is 0.242 e. The number of anilines is 1. The summed E-state index contributed by atoms with van der Waals surface area (Å²) in [4.78, 5) is 21.5. The van der Waals surface area contributed by atoms with Crippen LogP contribution in [0.15, 0.2) is 48.5 Å². The summed E-state index contributed by atoms with van der Waals surface area (Å²) in [5.41, 5.74) is 1.92. The van der Waals surface area contributed by atoms with Crippen molar-refractivity contribution in [3.63, 3.8) is 0 Å². The standard InChI is InChI=1S/C20H17FN6O/c21-13-6-3-5-12(11-13)17-25-18-14-7-1-2-8-15(14)23-20(27(18)26-17)24-16-9-4-10-22-19(16)28/h1-3,5-8,11,16H,4,9-10H2,(H,22,28)(H,23,24). The number of carbonyl (C=O) groups excluding carboxylic acids is 1. The molecule has 1 amide bonds. The van der Waals surface area contributed by atoms with Crippen LogP contribution in [0.25, 0.3) is 27.9 Å². The minimum atomic E-state index is -0.382. The first-order chi connectivity index (χ1) is 13.7. The predicted molar refractivity (Wildman–Crippen MR) is 103 cm³/mol. The molecule has 1 atom stereocenters. The van der Waals surface area contributed by atoms with Gasteiger partial charge in [-0.15, -0.1) is 5.10 Å². The second-order valence-electron chi connectivity index (χ2n) is 6.76. The number of piperidine rings is 1. The van der Waals surface area contributed by atoms with Crippen LogP contribution in [0.5, 0.6) is 0 Å². The van der Waals surface area contributed by atoms with Crippen LogP contribution in [0, 0.1) is 5.82 Å². The van der Waals surface area contributed by atoms with Crippen molar-refractivity contribution >= 4 is 28.4 Å². The van der Waals surface area contributed by atoms with E-state index in [1.54, 1.807) is 16.6 Å². The number of carbonyl (C=O) groups is 1. The van der Waals surface area contributed by atoms with Crippen molar-refractivity contribution in [3.8, 4) is 11.4 Å². The highest BCUT2D eigenvalue weighted by Gasteiger charge is 2.24. The van der Waals surface area contributed by atoms with Crippen LogP contribution in [-0.4, -0.2) is 38.1 Å². The fourth-order valence-corrected chi connectivity index (χ4v) is 3.46. The molecule has 4 aromatic rings. The van der Waals surface area contributed by atoms with Gasteiger partial charge in [0, 0.05) is 17.5 Å². The van der Waals surface area contributed by atoms with Crippen LogP contribution < -0.4 is 10.6 Å². The monoisotopic (exact) mass is 376 g/mol. The van der Waals surface area contributed by atoms with Gasteiger partial charge in [-0.1, -0.05) is 24.3 Å². The summed E-state index contributed by atoms with van der Waals surface area (Å²) < 4.78 is 15.2. The second-order valence-corrected chi connectivity index (χ2v) is 6.76. The van der Waals surface area contributed by atoms with Crippen molar-refractivity contribution in [3.05, 3.63) is 54.3 Å². The number of rotatable bonds is 3. The summed E-state index contributed by atoms with van der Waals surface area (Å²) in [6.07, 6.45) is 1.61. The highest BCUT2D eigenvalue weighted by Crippen LogP contribution is 2.25. The van der Waals surface area contributed by atoms with Gasteiger partial charge in [0.1, 0.15) is 11.9 Å². The van der Waals surface area contributed by atoms with Gasteiger partial charge in [0.05, 0.1) is 5.52 Å². The SMILES string of the molecule is O=C1NCCCC1Nc1nc2ccccc2c2nc(-c3cccc(F)c3)nn12. The third-order valence-electron chi connectivity index (χ3n) is 4.85. The van der Waals surface area contributed by atoms with E-state index in [4.69, 9.17) is 0 Å². The van der Waals surface area contributed by atoms with Crippen molar-refractivity contribution in [1.29, 1.82) is 0 Å². The molecular weight excluding hydrogens is 359 g/mol. The normalized spacial score (nSPS) is 17.0. The first-order valence-corrected chi connectivity index (χ1v) is 9.15. The molecule has 0 spiro atoms. The van der Waals surface area contributed by atoms with E-state index in [2.05, 4.69) is 25.7 Å². The molecular formula is C20H17FN6O. The average molecular weight is 376 g/mol. The van der Waals surface area contributed by atoms with E-state index in [9.17, 15) is 9.18 Å². The molecule has 1 saturated heterocycles. The Morgan fingerprint density at radius 1 is 1.14 bits per heavy atom. The van der Waals surface area contributed by atoms with E-state index in [1.165, 1.54) is 12.1 Å². The Labute approximate surface area is 159 Å². The van der Waals surface area contributed by atoms with Gasteiger partial charge < -0.3 is 10.6 Å². The molecule has 8 heteroatoms. The number of halogens is 1. The van der Waals surface area contributed by atoms with E-state index in [0.29, 0.717) is 35.9 Å². The fourth-order valence-electron chi connectivity index (χ4n) is 3.46. The first kappa shape index (κ1) is 16.6. The lowest BCUT2D eigenvalue weighted by atomic mass is 10.1. The van der Waals surface area contributed by atoms with Gasteiger partial charge in [0.25, 0.3) is 0 Å². The first-order valence-electron chi connectivity index (χ1n) is 9.15. The molecule has 1 aliphatic heterocycles. The summed E-state index contributed by atoms with van der Waals surface area (Å²) in [6.45, 7) is 0.685. The van der Waals surface area contributed by atoms with Gasteiger partial charge in [0.2, 0.25) is 11.9 Å². The predicted octanol–water partition coefficient (Wildman–Crippen LogP) is 2.77. The molecule has 1 aliphatic rings. The number of hydrogen-bond acceptors (Lipinski definition) is 5. The molecule has 0 radical (unpaired) electrons. The average Bonchev–Trinajstić information content (AvgIpc) is 3.16. The molecule has 1 unspecified atom stereocenters. The van der Waals surface area contributed by atoms with Crippen LogP contribution in [0.3, 0.4) is 0 Å². The molecule has 1 fully saturated rings. The molecule has 2 N–H and O–H groups in total. The van der Waals surface area contributed by atoms with E-state index < -0.39 is 0 Å². The molecule has 3 heterocycles. The van der Waals surface area contributed by atoms with Crippen LogP contribution in [0.4, 0.5) is 10.3 Å². The summed E-state index contributed by atoms with van der Waals surface area (Å²) >= 11 is 0. The van der Waals surface area contributed by atoms with E-state index in [-0.39, 0.29) is 17.8 Å². The molecule has 7 nitrogen and oxygen atoms in total. The summed E-state index contributed by atoms with van der Waals surface area (Å²) in [6, 6.07) is 13.4. The molecule has 0 aliphatic carbocycles. The number of para-hydroxylation sites is 1. The summed E-state index contributed by atoms with van der Waals surface area (Å²) in [5.74, 6) is 0.427. The zero-order valence-electron chi connectivity index (χ0n) is 14.9. The van der Waals surface area contributed by atoms with E-state index in [1.807, 2.05) is 24.3 Å². The second kappa shape index (κ2) is 6.56. The van der Waals surface area contributed by atoms with Gasteiger partial charge in [-0.25, -0.2) is 14.4 Å². The van der Waals surface area contributed by atoms with Gasteiger partial charge >= 0.3 is 0 Å². The minimum absolute atomic E-state index is 0.0557. The third kappa shape index (κ3) is 2.83. The zero-order chi connectivity index (χ0) is 19.1. The maximum atomic E-state index is 13.7. The quantitative estimate of drug-likeness (QED) is 0.574. The van der Waals surface area contributed by atoms with Crippen LogP contribution in [-0.2, 0) is 4.79 Å². The Bertz CT molecular complexity index is 1200. The van der Waals surface area contributed by atoms with E-state index in [0.717, 1.165) is 17.3 Å². The summed E-state index contributed by atoms with van der Waals surface area (Å²) in [7, 11) is 0.